The van der Waals surface area contributed by atoms with Crippen LogP contribution in [0.3, 0.4) is 0 Å². The third-order valence-corrected chi connectivity index (χ3v) is 8.31. The van der Waals surface area contributed by atoms with E-state index >= 15 is 0 Å². The quantitative estimate of drug-likeness (QED) is 0.200. The van der Waals surface area contributed by atoms with Gasteiger partial charge in [-0.05, 0) is 86.8 Å². The molecular weight excluding hydrogens is 407 g/mol. The van der Waals surface area contributed by atoms with E-state index in [0.717, 1.165) is 55.4 Å². The van der Waals surface area contributed by atoms with Crippen LogP contribution < -0.4 is 4.74 Å². The molecule has 1 nitrogen and oxygen atoms in total. The average molecular weight is 457 g/mol. The number of aryl methyl sites for hydroxylation is 1. The van der Waals surface area contributed by atoms with Crippen LogP contribution in [0.4, 0.5) is 4.39 Å². The van der Waals surface area contributed by atoms with Gasteiger partial charge in [0, 0.05) is 0 Å². The van der Waals surface area contributed by atoms with Gasteiger partial charge in [-0.15, -0.1) is 0 Å². The summed E-state index contributed by atoms with van der Waals surface area (Å²) >= 11 is 0. The second kappa shape index (κ2) is 14.8. The molecule has 0 spiro atoms. The number of halogens is 1. The molecule has 3 rings (SSSR count). The highest BCUT2D eigenvalue weighted by Gasteiger charge is 2.28. The van der Waals surface area contributed by atoms with Crippen LogP contribution in [0.1, 0.15) is 122 Å². The second-order valence-corrected chi connectivity index (χ2v) is 10.8. The van der Waals surface area contributed by atoms with Crippen molar-refractivity contribution in [1.82, 2.24) is 0 Å². The average Bonchev–Trinajstić information content (AvgIpc) is 2.85. The van der Waals surface area contributed by atoms with E-state index in [1.165, 1.54) is 77.0 Å². The van der Waals surface area contributed by atoms with Crippen molar-refractivity contribution in [2.24, 2.45) is 17.8 Å². The molecule has 1 fully saturated rings. The molecule has 1 atom stereocenters. The van der Waals surface area contributed by atoms with Crippen LogP contribution in [0, 0.1) is 23.6 Å². The van der Waals surface area contributed by atoms with Crippen molar-refractivity contribution < 1.29 is 9.13 Å². The summed E-state index contributed by atoms with van der Waals surface area (Å²) in [6.07, 6.45) is 24.8. The summed E-state index contributed by atoms with van der Waals surface area (Å²) in [5, 5.41) is 0. The van der Waals surface area contributed by atoms with Gasteiger partial charge in [-0.3, -0.25) is 0 Å². The van der Waals surface area contributed by atoms with E-state index in [2.05, 4.69) is 19.9 Å². The Hall–Kier alpha value is -1.31. The van der Waals surface area contributed by atoms with Gasteiger partial charge in [0.1, 0.15) is 0 Å². The SMILES string of the molecule is CCCCCCC1CCC(C2CC=C(CCc3ccc(OCCCCC)c(F)c3)CC2)CC1. The minimum absolute atomic E-state index is 0.206. The lowest BCUT2D eigenvalue weighted by atomic mass is 9.70. The van der Waals surface area contributed by atoms with Crippen LogP contribution in [-0.4, -0.2) is 6.61 Å². The number of unbranched alkanes of at least 4 members (excludes halogenated alkanes) is 5. The highest BCUT2D eigenvalue weighted by atomic mass is 19.1. The van der Waals surface area contributed by atoms with E-state index in [0.29, 0.717) is 12.4 Å². The van der Waals surface area contributed by atoms with Gasteiger partial charge in [0.05, 0.1) is 6.61 Å². The van der Waals surface area contributed by atoms with Crippen LogP contribution in [0.25, 0.3) is 0 Å². The predicted molar refractivity (Wildman–Crippen MR) is 139 cm³/mol. The maximum atomic E-state index is 14.4. The van der Waals surface area contributed by atoms with E-state index in [4.69, 9.17) is 4.74 Å². The molecule has 0 N–H and O–H groups in total. The monoisotopic (exact) mass is 456 g/mol. The van der Waals surface area contributed by atoms with Gasteiger partial charge in [-0.2, -0.15) is 0 Å². The number of allylic oxidation sites excluding steroid dienone is 2. The first-order valence-corrected chi connectivity index (χ1v) is 14.3. The number of rotatable bonds is 14. The maximum Gasteiger partial charge on any atom is 0.165 e. The first kappa shape index (κ1) is 26.3. The van der Waals surface area contributed by atoms with Crippen LogP contribution in [-0.2, 0) is 6.42 Å². The Balaban J connectivity index is 1.35. The van der Waals surface area contributed by atoms with E-state index in [1.54, 1.807) is 11.6 Å². The minimum atomic E-state index is -0.206. The molecule has 0 aliphatic heterocycles. The van der Waals surface area contributed by atoms with Crippen molar-refractivity contribution in [1.29, 1.82) is 0 Å². The molecule has 1 saturated carbocycles. The van der Waals surface area contributed by atoms with Crippen LogP contribution in [0.15, 0.2) is 29.8 Å². The maximum absolute atomic E-state index is 14.4. The topological polar surface area (TPSA) is 9.23 Å². The molecule has 1 aromatic carbocycles. The molecule has 0 amide bonds. The lowest BCUT2D eigenvalue weighted by molar-refractivity contribution is 0.185. The zero-order chi connectivity index (χ0) is 23.3. The summed E-state index contributed by atoms with van der Waals surface area (Å²) in [6.45, 7) is 5.08. The zero-order valence-electron chi connectivity index (χ0n) is 21.6. The fourth-order valence-electron chi connectivity index (χ4n) is 6.03. The molecule has 2 heteroatoms. The number of ether oxygens (including phenoxy) is 1. The standard InChI is InChI=1S/C31H49FO/c1-3-5-7-8-10-25-13-18-28(19-14-25)29-20-15-26(16-21-29)11-12-27-17-22-31(30(32)24-27)33-23-9-6-4-2/h15,17,22,24-25,28-29H,3-14,16,18-21,23H2,1-2H3. The molecule has 33 heavy (non-hydrogen) atoms. The fraction of sp³-hybridized carbons (Fsp3) is 0.742. The molecule has 0 radical (unpaired) electrons. The molecule has 1 unspecified atom stereocenters. The Morgan fingerprint density at radius 2 is 1.64 bits per heavy atom. The Morgan fingerprint density at radius 1 is 0.848 bits per heavy atom. The molecule has 2 aliphatic rings. The lowest BCUT2D eigenvalue weighted by Crippen LogP contribution is -2.23. The fourth-order valence-corrected chi connectivity index (χ4v) is 6.03. The lowest BCUT2D eigenvalue weighted by Gasteiger charge is -2.35. The summed E-state index contributed by atoms with van der Waals surface area (Å²) in [5.74, 6) is 3.10. The molecule has 0 aromatic heterocycles. The molecule has 0 heterocycles. The summed E-state index contributed by atoms with van der Waals surface area (Å²) in [5.41, 5.74) is 2.69. The van der Waals surface area contributed by atoms with E-state index in [-0.39, 0.29) is 5.82 Å². The Labute approximate surface area is 203 Å². The van der Waals surface area contributed by atoms with Gasteiger partial charge in [0.15, 0.2) is 11.6 Å². The van der Waals surface area contributed by atoms with Crippen LogP contribution in [0.5, 0.6) is 5.75 Å². The smallest absolute Gasteiger partial charge is 0.165 e. The van der Waals surface area contributed by atoms with Crippen molar-refractivity contribution in [3.05, 3.63) is 41.2 Å². The third kappa shape index (κ3) is 9.10. The molecule has 186 valence electrons. The van der Waals surface area contributed by atoms with Crippen molar-refractivity contribution in [3.8, 4) is 5.75 Å². The second-order valence-electron chi connectivity index (χ2n) is 10.8. The summed E-state index contributed by atoms with van der Waals surface area (Å²) in [7, 11) is 0. The van der Waals surface area contributed by atoms with Gasteiger partial charge in [-0.1, -0.05) is 89.4 Å². The van der Waals surface area contributed by atoms with Gasteiger partial charge in [0.2, 0.25) is 0 Å². The normalized spacial score (nSPS) is 23.4. The largest absolute Gasteiger partial charge is 0.491 e. The number of hydrogen-bond donors (Lipinski definition) is 0. The summed E-state index contributed by atoms with van der Waals surface area (Å²) in [4.78, 5) is 0. The first-order valence-electron chi connectivity index (χ1n) is 14.3. The molecule has 1 aromatic rings. The van der Waals surface area contributed by atoms with Crippen LogP contribution in [0.2, 0.25) is 0 Å². The van der Waals surface area contributed by atoms with Gasteiger partial charge in [0.25, 0.3) is 0 Å². The molecule has 0 bridgehead atoms. The Kier molecular flexibility index (Phi) is 11.8. The van der Waals surface area contributed by atoms with Crippen molar-refractivity contribution in [3.63, 3.8) is 0 Å². The molecule has 2 aliphatic carbocycles. The van der Waals surface area contributed by atoms with E-state index in [9.17, 15) is 4.39 Å². The van der Waals surface area contributed by atoms with Gasteiger partial charge in [-0.25, -0.2) is 4.39 Å². The van der Waals surface area contributed by atoms with Crippen molar-refractivity contribution in [2.75, 3.05) is 6.61 Å². The van der Waals surface area contributed by atoms with Crippen molar-refractivity contribution in [2.45, 2.75) is 123 Å². The van der Waals surface area contributed by atoms with E-state index < -0.39 is 0 Å². The minimum Gasteiger partial charge on any atom is -0.491 e. The summed E-state index contributed by atoms with van der Waals surface area (Å²) < 4.78 is 20.0. The predicted octanol–water partition coefficient (Wildman–Crippen LogP) is 9.83. The van der Waals surface area contributed by atoms with Gasteiger partial charge < -0.3 is 4.74 Å². The Bertz CT molecular complexity index is 701. The molecule has 0 saturated heterocycles. The Morgan fingerprint density at radius 3 is 2.33 bits per heavy atom. The zero-order valence-corrected chi connectivity index (χ0v) is 21.6. The first-order chi connectivity index (χ1) is 16.2. The third-order valence-electron chi connectivity index (χ3n) is 8.31. The highest BCUT2D eigenvalue weighted by molar-refractivity contribution is 5.30. The van der Waals surface area contributed by atoms with Crippen molar-refractivity contribution >= 4 is 0 Å². The molecular formula is C31H49FO. The highest BCUT2D eigenvalue weighted by Crippen LogP contribution is 2.41. The van der Waals surface area contributed by atoms with Gasteiger partial charge >= 0.3 is 0 Å². The number of benzene rings is 1. The van der Waals surface area contributed by atoms with E-state index in [1.807, 2.05) is 12.1 Å². The number of hydrogen-bond acceptors (Lipinski definition) is 1. The van der Waals surface area contributed by atoms with Crippen LogP contribution >= 0.6 is 0 Å². The summed E-state index contributed by atoms with van der Waals surface area (Å²) in [6, 6.07) is 5.55.